The highest BCUT2D eigenvalue weighted by Crippen LogP contribution is 2.17. The number of amides is 1. The number of carbonyl (C=O) groups excluding carboxylic acids is 1. The Kier molecular flexibility index (Phi) is 6.85. The fourth-order valence-corrected chi connectivity index (χ4v) is 4.18. The van der Waals surface area contributed by atoms with Crippen molar-refractivity contribution in [2.75, 3.05) is 57.3 Å². The van der Waals surface area contributed by atoms with Gasteiger partial charge in [0, 0.05) is 70.8 Å². The standard InChI is InChI=1S/C25H29N5O/c26-19-23(21-28-11-15-29(16-12-28)24-9-5-2-6-10-24)25(31)30-17-13-27(14-18-30)20-22-7-3-1-4-8-22/h1-10,21H,11-18,20H2/b23-21-. The normalized spacial score (nSPS) is 18.0. The summed E-state index contributed by atoms with van der Waals surface area (Å²) in [6, 6.07) is 22.9. The van der Waals surface area contributed by atoms with E-state index in [-0.39, 0.29) is 11.5 Å². The number of nitrogens with zero attached hydrogens (tertiary/aromatic N) is 5. The Balaban J connectivity index is 1.29. The molecule has 0 saturated carbocycles. The van der Waals surface area contributed by atoms with Gasteiger partial charge in [-0.25, -0.2) is 0 Å². The molecule has 2 aromatic rings. The molecule has 31 heavy (non-hydrogen) atoms. The van der Waals surface area contributed by atoms with Gasteiger partial charge in [0.05, 0.1) is 0 Å². The lowest BCUT2D eigenvalue weighted by molar-refractivity contribution is -0.128. The third kappa shape index (κ3) is 5.44. The Morgan fingerprint density at radius 2 is 1.45 bits per heavy atom. The Bertz CT molecular complexity index is 921. The van der Waals surface area contributed by atoms with E-state index < -0.39 is 0 Å². The summed E-state index contributed by atoms with van der Waals surface area (Å²) < 4.78 is 0. The molecule has 2 fully saturated rings. The molecule has 2 saturated heterocycles. The first-order chi connectivity index (χ1) is 15.2. The van der Waals surface area contributed by atoms with Gasteiger partial charge in [0.1, 0.15) is 11.6 Å². The van der Waals surface area contributed by atoms with E-state index >= 15 is 0 Å². The van der Waals surface area contributed by atoms with E-state index in [2.05, 4.69) is 57.2 Å². The van der Waals surface area contributed by atoms with Crippen LogP contribution in [0.2, 0.25) is 0 Å². The minimum atomic E-state index is -0.146. The highest BCUT2D eigenvalue weighted by atomic mass is 16.2. The molecule has 2 aliphatic rings. The lowest BCUT2D eigenvalue weighted by Gasteiger charge is -2.36. The lowest BCUT2D eigenvalue weighted by atomic mass is 10.2. The molecule has 0 radical (unpaired) electrons. The Hall–Kier alpha value is -3.30. The third-order valence-corrected chi connectivity index (χ3v) is 6.01. The molecule has 0 aliphatic carbocycles. The molecule has 0 unspecified atom stereocenters. The summed E-state index contributed by atoms with van der Waals surface area (Å²) in [5, 5.41) is 9.62. The molecule has 0 spiro atoms. The number of nitriles is 1. The van der Waals surface area contributed by atoms with Gasteiger partial charge >= 0.3 is 0 Å². The van der Waals surface area contributed by atoms with Gasteiger partial charge in [-0.3, -0.25) is 9.69 Å². The van der Waals surface area contributed by atoms with Crippen LogP contribution >= 0.6 is 0 Å². The number of piperazine rings is 2. The van der Waals surface area contributed by atoms with Crippen molar-refractivity contribution in [2.45, 2.75) is 6.54 Å². The van der Waals surface area contributed by atoms with Crippen LogP contribution in [-0.4, -0.2) is 73.0 Å². The number of benzene rings is 2. The zero-order chi connectivity index (χ0) is 21.5. The largest absolute Gasteiger partial charge is 0.373 e. The van der Waals surface area contributed by atoms with Gasteiger partial charge in [-0.2, -0.15) is 5.26 Å². The van der Waals surface area contributed by atoms with E-state index in [0.717, 1.165) is 45.8 Å². The van der Waals surface area contributed by atoms with Crippen molar-refractivity contribution in [3.05, 3.63) is 78.0 Å². The van der Waals surface area contributed by atoms with E-state index in [1.807, 2.05) is 29.2 Å². The van der Waals surface area contributed by atoms with Gasteiger partial charge in [-0.15, -0.1) is 0 Å². The Morgan fingerprint density at radius 3 is 2.06 bits per heavy atom. The predicted molar refractivity (Wildman–Crippen MR) is 122 cm³/mol. The first-order valence-electron chi connectivity index (χ1n) is 10.9. The van der Waals surface area contributed by atoms with Crippen LogP contribution in [0, 0.1) is 11.3 Å². The van der Waals surface area contributed by atoms with Crippen LogP contribution in [-0.2, 0) is 11.3 Å². The SMILES string of the molecule is N#C/C(=C/N1CCN(c2ccccc2)CC1)C(=O)N1CCN(Cc2ccccc2)CC1. The second-order valence-corrected chi connectivity index (χ2v) is 8.07. The Labute approximate surface area is 184 Å². The Morgan fingerprint density at radius 1 is 0.839 bits per heavy atom. The monoisotopic (exact) mass is 415 g/mol. The topological polar surface area (TPSA) is 53.8 Å². The first-order valence-corrected chi connectivity index (χ1v) is 10.9. The molecule has 6 nitrogen and oxygen atoms in total. The van der Waals surface area contributed by atoms with Crippen LogP contribution in [0.4, 0.5) is 5.69 Å². The van der Waals surface area contributed by atoms with E-state index in [0.29, 0.717) is 13.1 Å². The number of hydrogen-bond donors (Lipinski definition) is 0. The average Bonchev–Trinajstić information content (AvgIpc) is 2.84. The van der Waals surface area contributed by atoms with Gasteiger partial charge in [-0.1, -0.05) is 48.5 Å². The predicted octanol–water partition coefficient (Wildman–Crippen LogP) is 2.56. The molecule has 0 aromatic heterocycles. The zero-order valence-corrected chi connectivity index (χ0v) is 17.9. The van der Waals surface area contributed by atoms with Crippen molar-refractivity contribution in [2.24, 2.45) is 0 Å². The quantitative estimate of drug-likeness (QED) is 0.555. The summed E-state index contributed by atoms with van der Waals surface area (Å²) >= 11 is 0. The van der Waals surface area contributed by atoms with Gasteiger partial charge in [0.25, 0.3) is 5.91 Å². The second kappa shape index (κ2) is 10.1. The van der Waals surface area contributed by atoms with Crippen LogP contribution in [0.25, 0.3) is 0 Å². The van der Waals surface area contributed by atoms with E-state index in [1.165, 1.54) is 11.3 Å². The summed E-state index contributed by atoms with van der Waals surface area (Å²) in [5.41, 5.74) is 2.75. The molecular weight excluding hydrogens is 386 g/mol. The molecule has 1 amide bonds. The molecule has 0 N–H and O–H groups in total. The van der Waals surface area contributed by atoms with Crippen LogP contribution in [0.5, 0.6) is 0 Å². The fourth-order valence-electron chi connectivity index (χ4n) is 4.18. The van der Waals surface area contributed by atoms with Crippen molar-refractivity contribution in [1.29, 1.82) is 5.26 Å². The van der Waals surface area contributed by atoms with Crippen LogP contribution < -0.4 is 4.90 Å². The second-order valence-electron chi connectivity index (χ2n) is 8.07. The van der Waals surface area contributed by atoms with Gasteiger partial charge in [0.15, 0.2) is 0 Å². The van der Waals surface area contributed by atoms with Gasteiger partial charge < -0.3 is 14.7 Å². The van der Waals surface area contributed by atoms with Crippen molar-refractivity contribution < 1.29 is 4.79 Å². The first kappa shape index (κ1) is 21.0. The molecule has 2 aromatic carbocycles. The maximum absolute atomic E-state index is 12.9. The number of rotatable bonds is 5. The van der Waals surface area contributed by atoms with E-state index in [9.17, 15) is 10.1 Å². The number of carbonyl (C=O) groups is 1. The molecule has 0 atom stereocenters. The van der Waals surface area contributed by atoms with Crippen molar-refractivity contribution in [1.82, 2.24) is 14.7 Å². The highest BCUT2D eigenvalue weighted by Gasteiger charge is 2.25. The third-order valence-electron chi connectivity index (χ3n) is 6.01. The summed E-state index contributed by atoms with van der Waals surface area (Å²) in [5.74, 6) is -0.146. The number of anilines is 1. The highest BCUT2D eigenvalue weighted by molar-refractivity contribution is 5.97. The van der Waals surface area contributed by atoms with Crippen LogP contribution in [0.1, 0.15) is 5.56 Å². The van der Waals surface area contributed by atoms with Crippen LogP contribution in [0.3, 0.4) is 0 Å². The van der Waals surface area contributed by atoms with Gasteiger partial charge in [0.2, 0.25) is 0 Å². The van der Waals surface area contributed by atoms with Crippen LogP contribution in [0.15, 0.2) is 72.4 Å². The van der Waals surface area contributed by atoms with Crippen molar-refractivity contribution in [3.63, 3.8) is 0 Å². The minimum absolute atomic E-state index is 0.146. The van der Waals surface area contributed by atoms with Gasteiger partial charge in [-0.05, 0) is 17.7 Å². The minimum Gasteiger partial charge on any atom is -0.373 e. The molecule has 4 rings (SSSR count). The molecule has 160 valence electrons. The molecular formula is C25H29N5O. The molecule has 2 heterocycles. The smallest absolute Gasteiger partial charge is 0.266 e. The van der Waals surface area contributed by atoms with E-state index in [4.69, 9.17) is 0 Å². The maximum atomic E-state index is 12.9. The number of hydrogen-bond acceptors (Lipinski definition) is 5. The number of para-hydroxylation sites is 1. The summed E-state index contributed by atoms with van der Waals surface area (Å²) in [7, 11) is 0. The summed E-state index contributed by atoms with van der Waals surface area (Å²) in [6.07, 6.45) is 1.76. The van der Waals surface area contributed by atoms with Crippen molar-refractivity contribution >= 4 is 11.6 Å². The zero-order valence-electron chi connectivity index (χ0n) is 17.9. The summed E-state index contributed by atoms with van der Waals surface area (Å²) in [6.45, 7) is 7.24. The molecule has 6 heteroatoms. The summed E-state index contributed by atoms with van der Waals surface area (Å²) in [4.78, 5) is 21.5. The molecule has 0 bridgehead atoms. The van der Waals surface area contributed by atoms with Crippen molar-refractivity contribution in [3.8, 4) is 6.07 Å². The lowest BCUT2D eigenvalue weighted by Crippen LogP contribution is -2.49. The molecule has 2 aliphatic heterocycles. The van der Waals surface area contributed by atoms with E-state index in [1.54, 1.807) is 6.20 Å². The average molecular weight is 416 g/mol. The maximum Gasteiger partial charge on any atom is 0.266 e. The fraction of sp³-hybridized carbons (Fsp3) is 0.360.